The molecular formula is C23H27N3O4. The lowest BCUT2D eigenvalue weighted by Crippen LogP contribution is -2.37. The molecule has 0 radical (unpaired) electrons. The van der Waals surface area contributed by atoms with Crippen LogP contribution in [0.5, 0.6) is 11.5 Å². The molecule has 2 aliphatic rings. The van der Waals surface area contributed by atoms with E-state index in [2.05, 4.69) is 34.5 Å². The molecule has 0 unspecified atom stereocenters. The van der Waals surface area contributed by atoms with Gasteiger partial charge in [0.05, 0.1) is 6.54 Å². The van der Waals surface area contributed by atoms with Crippen LogP contribution in [0.1, 0.15) is 35.2 Å². The number of hydrogen-bond acceptors (Lipinski definition) is 5. The maximum absolute atomic E-state index is 12.4. The van der Waals surface area contributed by atoms with Crippen LogP contribution in [0.3, 0.4) is 0 Å². The van der Waals surface area contributed by atoms with Crippen LogP contribution in [0.15, 0.2) is 42.5 Å². The lowest BCUT2D eigenvalue weighted by atomic mass is 10.1. The molecule has 0 bridgehead atoms. The lowest BCUT2D eigenvalue weighted by molar-refractivity contribution is -0.129. The van der Waals surface area contributed by atoms with Gasteiger partial charge in [-0.05, 0) is 55.2 Å². The third-order valence-corrected chi connectivity index (χ3v) is 5.54. The third-order valence-electron chi connectivity index (χ3n) is 5.54. The molecule has 7 nitrogen and oxygen atoms in total. The van der Waals surface area contributed by atoms with Gasteiger partial charge in [0.2, 0.25) is 12.7 Å². The minimum absolute atomic E-state index is 0.0599. The highest BCUT2D eigenvalue weighted by Crippen LogP contribution is 2.32. The number of ether oxygens (including phenoxy) is 2. The SMILES string of the molecule is CN(Cc1ccc(N2CCCCC2)cc1)C(=O)CNC(=O)c1ccc2c(c1)OCO2. The van der Waals surface area contributed by atoms with E-state index in [9.17, 15) is 9.59 Å². The van der Waals surface area contributed by atoms with Crippen LogP contribution in [0.2, 0.25) is 0 Å². The molecule has 2 aromatic rings. The topological polar surface area (TPSA) is 71.1 Å². The zero-order valence-electron chi connectivity index (χ0n) is 17.2. The van der Waals surface area contributed by atoms with Gasteiger partial charge in [-0.2, -0.15) is 0 Å². The van der Waals surface area contributed by atoms with E-state index in [4.69, 9.17) is 9.47 Å². The normalized spacial score (nSPS) is 15.0. The predicted octanol–water partition coefficient (Wildman–Crippen LogP) is 2.79. The molecule has 1 N–H and O–H groups in total. The van der Waals surface area contributed by atoms with Crippen molar-refractivity contribution in [1.29, 1.82) is 0 Å². The second kappa shape index (κ2) is 9.07. The first kappa shape index (κ1) is 20.1. The highest BCUT2D eigenvalue weighted by atomic mass is 16.7. The van der Waals surface area contributed by atoms with Gasteiger partial charge in [0.15, 0.2) is 11.5 Å². The zero-order chi connectivity index (χ0) is 20.9. The van der Waals surface area contributed by atoms with E-state index >= 15 is 0 Å². The fourth-order valence-corrected chi connectivity index (χ4v) is 3.76. The minimum Gasteiger partial charge on any atom is -0.454 e. The molecule has 158 valence electrons. The van der Waals surface area contributed by atoms with Crippen LogP contribution in [0, 0.1) is 0 Å². The average Bonchev–Trinajstić information content (AvgIpc) is 3.26. The average molecular weight is 409 g/mol. The van der Waals surface area contributed by atoms with Gasteiger partial charge in [0.25, 0.3) is 5.91 Å². The quantitative estimate of drug-likeness (QED) is 0.795. The Morgan fingerprint density at radius 3 is 2.50 bits per heavy atom. The maximum Gasteiger partial charge on any atom is 0.251 e. The molecule has 7 heteroatoms. The van der Waals surface area contributed by atoms with E-state index in [1.165, 1.54) is 24.9 Å². The fourth-order valence-electron chi connectivity index (χ4n) is 3.76. The molecule has 0 atom stereocenters. The summed E-state index contributed by atoms with van der Waals surface area (Å²) in [5.74, 6) is 0.692. The molecule has 2 heterocycles. The maximum atomic E-state index is 12.4. The monoisotopic (exact) mass is 409 g/mol. The molecule has 4 rings (SSSR count). The highest BCUT2D eigenvalue weighted by molar-refractivity contribution is 5.97. The number of hydrogen-bond donors (Lipinski definition) is 1. The Labute approximate surface area is 176 Å². The van der Waals surface area contributed by atoms with E-state index < -0.39 is 0 Å². The van der Waals surface area contributed by atoms with Crippen LogP contribution in [0.4, 0.5) is 5.69 Å². The van der Waals surface area contributed by atoms with Crippen molar-refractivity contribution in [2.24, 2.45) is 0 Å². The number of nitrogens with zero attached hydrogens (tertiary/aromatic N) is 2. The van der Waals surface area contributed by atoms with Crippen molar-refractivity contribution in [3.63, 3.8) is 0 Å². The Morgan fingerprint density at radius 1 is 1.00 bits per heavy atom. The Bertz CT molecular complexity index is 907. The number of carbonyl (C=O) groups is 2. The van der Waals surface area contributed by atoms with Crippen LogP contribution in [-0.2, 0) is 11.3 Å². The van der Waals surface area contributed by atoms with Crippen molar-refractivity contribution in [3.8, 4) is 11.5 Å². The van der Waals surface area contributed by atoms with Crippen molar-refractivity contribution in [3.05, 3.63) is 53.6 Å². The molecule has 0 spiro atoms. The van der Waals surface area contributed by atoms with Gasteiger partial charge in [0.1, 0.15) is 0 Å². The number of carbonyl (C=O) groups excluding carboxylic acids is 2. The number of nitrogens with one attached hydrogen (secondary N) is 1. The molecule has 0 aromatic heterocycles. The van der Waals surface area contributed by atoms with Crippen LogP contribution >= 0.6 is 0 Å². The molecule has 2 aromatic carbocycles. The molecule has 1 fully saturated rings. The first-order valence-electron chi connectivity index (χ1n) is 10.4. The largest absolute Gasteiger partial charge is 0.454 e. The number of benzene rings is 2. The van der Waals surface area contributed by atoms with Gasteiger partial charge in [-0.1, -0.05) is 12.1 Å². The second-order valence-electron chi connectivity index (χ2n) is 7.71. The number of piperidine rings is 1. The number of anilines is 1. The summed E-state index contributed by atoms with van der Waals surface area (Å²) in [6.07, 6.45) is 3.81. The van der Waals surface area contributed by atoms with E-state index in [0.29, 0.717) is 23.6 Å². The van der Waals surface area contributed by atoms with Crippen LogP contribution in [0.25, 0.3) is 0 Å². The summed E-state index contributed by atoms with van der Waals surface area (Å²) in [6, 6.07) is 13.4. The summed E-state index contributed by atoms with van der Waals surface area (Å²) in [5.41, 5.74) is 2.74. The smallest absolute Gasteiger partial charge is 0.251 e. The number of fused-ring (bicyclic) bond motifs is 1. The minimum atomic E-state index is -0.319. The Hall–Kier alpha value is -3.22. The van der Waals surface area contributed by atoms with Gasteiger partial charge in [-0.25, -0.2) is 0 Å². The van der Waals surface area contributed by atoms with E-state index in [1.807, 2.05) is 0 Å². The van der Waals surface area contributed by atoms with E-state index in [-0.39, 0.29) is 25.2 Å². The molecule has 2 aliphatic heterocycles. The van der Waals surface area contributed by atoms with E-state index in [0.717, 1.165) is 18.7 Å². The molecule has 30 heavy (non-hydrogen) atoms. The zero-order valence-corrected chi connectivity index (χ0v) is 17.2. The van der Waals surface area contributed by atoms with Gasteiger partial charge in [0, 0.05) is 37.9 Å². The number of amides is 2. The highest BCUT2D eigenvalue weighted by Gasteiger charge is 2.17. The number of rotatable bonds is 6. The lowest BCUT2D eigenvalue weighted by Gasteiger charge is -2.29. The van der Waals surface area contributed by atoms with Crippen molar-refractivity contribution in [2.45, 2.75) is 25.8 Å². The molecule has 2 amide bonds. The fraction of sp³-hybridized carbons (Fsp3) is 0.391. The van der Waals surface area contributed by atoms with Crippen molar-refractivity contribution < 1.29 is 19.1 Å². The molecular weight excluding hydrogens is 382 g/mol. The van der Waals surface area contributed by atoms with E-state index in [1.54, 1.807) is 30.1 Å². The second-order valence-corrected chi connectivity index (χ2v) is 7.71. The summed E-state index contributed by atoms with van der Waals surface area (Å²) < 4.78 is 10.5. The summed E-state index contributed by atoms with van der Waals surface area (Å²) >= 11 is 0. The standard InChI is InChI=1S/C23H27N3O4/c1-25(15-17-5-8-19(9-6-17)26-11-3-2-4-12-26)22(27)14-24-23(28)18-7-10-20-21(13-18)30-16-29-20/h5-10,13H,2-4,11-12,14-16H2,1H3,(H,24,28). The first-order valence-corrected chi connectivity index (χ1v) is 10.4. The molecule has 0 aliphatic carbocycles. The summed E-state index contributed by atoms with van der Waals surface area (Å²) in [7, 11) is 1.74. The van der Waals surface area contributed by atoms with Crippen molar-refractivity contribution in [2.75, 3.05) is 38.4 Å². The molecule has 1 saturated heterocycles. The van der Waals surface area contributed by atoms with Gasteiger partial charge in [-0.3, -0.25) is 9.59 Å². The van der Waals surface area contributed by atoms with Crippen LogP contribution in [-0.4, -0.2) is 50.2 Å². The number of likely N-dealkylation sites (N-methyl/N-ethyl adjacent to an activating group) is 1. The summed E-state index contributed by atoms with van der Waals surface area (Å²) in [6.45, 7) is 2.82. The van der Waals surface area contributed by atoms with Crippen molar-refractivity contribution in [1.82, 2.24) is 10.2 Å². The predicted molar refractivity (Wildman–Crippen MR) is 114 cm³/mol. The first-order chi connectivity index (χ1) is 14.6. The molecule has 0 saturated carbocycles. The Morgan fingerprint density at radius 2 is 1.73 bits per heavy atom. The van der Waals surface area contributed by atoms with Gasteiger partial charge in [-0.15, -0.1) is 0 Å². The summed E-state index contributed by atoms with van der Waals surface area (Å²) in [5, 5.41) is 2.68. The Kier molecular flexibility index (Phi) is 6.07. The van der Waals surface area contributed by atoms with Gasteiger partial charge < -0.3 is 24.6 Å². The Balaban J connectivity index is 1.26. The third kappa shape index (κ3) is 4.67. The van der Waals surface area contributed by atoms with Gasteiger partial charge >= 0.3 is 0 Å². The van der Waals surface area contributed by atoms with Crippen LogP contribution < -0.4 is 19.7 Å². The van der Waals surface area contributed by atoms with Crippen molar-refractivity contribution >= 4 is 17.5 Å². The summed E-state index contributed by atoms with van der Waals surface area (Å²) in [4.78, 5) is 28.8.